The van der Waals surface area contributed by atoms with E-state index in [1.54, 1.807) is 18.2 Å². The van der Waals surface area contributed by atoms with Gasteiger partial charge in [-0.25, -0.2) is 4.98 Å². The minimum Gasteiger partial charge on any atom is -0.298 e. The van der Waals surface area contributed by atoms with E-state index in [2.05, 4.69) is 15.8 Å². The van der Waals surface area contributed by atoms with Crippen LogP contribution < -0.4 is 10.9 Å². The first-order valence-corrected chi connectivity index (χ1v) is 9.12. The van der Waals surface area contributed by atoms with Gasteiger partial charge in [0.15, 0.2) is 0 Å². The van der Waals surface area contributed by atoms with Crippen molar-refractivity contribution in [3.63, 3.8) is 0 Å². The van der Waals surface area contributed by atoms with Gasteiger partial charge in [0.25, 0.3) is 5.91 Å². The van der Waals surface area contributed by atoms with Gasteiger partial charge in [-0.3, -0.25) is 20.2 Å². The number of para-hydroxylation sites is 2. The Morgan fingerprint density at radius 1 is 0.967 bits per heavy atom. The number of rotatable bonds is 4. The molecule has 0 aliphatic heterocycles. The van der Waals surface area contributed by atoms with Gasteiger partial charge in [-0.05, 0) is 49.4 Å². The Hall–Kier alpha value is -3.81. The molecule has 1 amide bonds. The molecule has 3 aromatic carbocycles. The fourth-order valence-electron chi connectivity index (χ4n) is 3.28. The van der Waals surface area contributed by atoms with Gasteiger partial charge >= 0.3 is 6.18 Å². The second kappa shape index (κ2) is 7.55. The number of hydrogen-bond acceptors (Lipinski definition) is 3. The van der Waals surface area contributed by atoms with E-state index >= 15 is 0 Å². The van der Waals surface area contributed by atoms with Crippen molar-refractivity contribution in [2.45, 2.75) is 13.1 Å². The molecule has 4 rings (SSSR count). The van der Waals surface area contributed by atoms with Crippen LogP contribution in [0.5, 0.6) is 0 Å². The number of halogens is 3. The first-order chi connectivity index (χ1) is 14.3. The van der Waals surface area contributed by atoms with Crippen molar-refractivity contribution in [1.29, 1.82) is 0 Å². The Balaban J connectivity index is 1.58. The molecule has 0 aliphatic rings. The summed E-state index contributed by atoms with van der Waals surface area (Å²) >= 11 is 0. The largest absolute Gasteiger partial charge is 0.418 e. The predicted molar refractivity (Wildman–Crippen MR) is 108 cm³/mol. The maximum atomic E-state index is 13.1. The van der Waals surface area contributed by atoms with Crippen LogP contribution in [0.1, 0.15) is 21.7 Å². The standard InChI is InChI=1S/C22H17F3N4O/c1-14-26-19-13-15(11-12-20(19)29(14)16-7-3-2-4-8-16)21(30)28-27-18-10-6-5-9-17(18)22(23,24)25/h2-13,27H,1H3,(H,28,30). The summed E-state index contributed by atoms with van der Waals surface area (Å²) in [6.45, 7) is 1.86. The van der Waals surface area contributed by atoms with Crippen LogP contribution in [0.15, 0.2) is 72.8 Å². The maximum absolute atomic E-state index is 13.1. The molecule has 0 saturated carbocycles. The van der Waals surface area contributed by atoms with Crippen LogP contribution in [0.4, 0.5) is 18.9 Å². The van der Waals surface area contributed by atoms with Gasteiger partial charge in [0.1, 0.15) is 5.82 Å². The molecule has 5 nitrogen and oxygen atoms in total. The number of hydrogen-bond donors (Lipinski definition) is 2. The van der Waals surface area contributed by atoms with E-state index in [-0.39, 0.29) is 11.3 Å². The summed E-state index contributed by atoms with van der Waals surface area (Å²) in [5, 5.41) is 0. The highest BCUT2D eigenvalue weighted by atomic mass is 19.4. The average molecular weight is 410 g/mol. The summed E-state index contributed by atoms with van der Waals surface area (Å²) < 4.78 is 41.2. The second-order valence-corrected chi connectivity index (χ2v) is 6.66. The number of anilines is 1. The third-order valence-corrected chi connectivity index (χ3v) is 4.64. The fourth-order valence-corrected chi connectivity index (χ4v) is 3.28. The number of fused-ring (bicyclic) bond motifs is 1. The first kappa shape index (κ1) is 19.5. The van der Waals surface area contributed by atoms with Crippen LogP contribution in [-0.2, 0) is 6.18 Å². The van der Waals surface area contributed by atoms with Gasteiger partial charge in [-0.2, -0.15) is 13.2 Å². The van der Waals surface area contributed by atoms with E-state index in [0.717, 1.165) is 23.1 Å². The molecule has 0 aliphatic carbocycles. The van der Waals surface area contributed by atoms with Gasteiger partial charge in [0.2, 0.25) is 0 Å². The zero-order valence-electron chi connectivity index (χ0n) is 15.9. The summed E-state index contributed by atoms with van der Waals surface area (Å²) in [5.74, 6) is 0.187. The molecule has 0 saturated heterocycles. The lowest BCUT2D eigenvalue weighted by Gasteiger charge is -2.15. The Kier molecular flexibility index (Phi) is 4.91. The number of alkyl halides is 3. The van der Waals surface area contributed by atoms with E-state index in [1.165, 1.54) is 18.2 Å². The highest BCUT2D eigenvalue weighted by Crippen LogP contribution is 2.34. The minimum absolute atomic E-state index is 0.233. The number of benzene rings is 3. The van der Waals surface area contributed by atoms with Crippen LogP contribution in [0.2, 0.25) is 0 Å². The lowest BCUT2D eigenvalue weighted by atomic mass is 10.1. The molecule has 8 heteroatoms. The molecule has 4 aromatic rings. The zero-order chi connectivity index (χ0) is 21.3. The first-order valence-electron chi connectivity index (χ1n) is 9.12. The lowest BCUT2D eigenvalue weighted by Crippen LogP contribution is -2.30. The van der Waals surface area contributed by atoms with Crippen molar-refractivity contribution in [1.82, 2.24) is 15.0 Å². The Labute approximate surface area is 170 Å². The molecule has 0 spiro atoms. The maximum Gasteiger partial charge on any atom is 0.418 e. The van der Waals surface area contributed by atoms with Crippen molar-refractivity contribution in [3.05, 3.63) is 89.7 Å². The molecule has 0 fully saturated rings. The molecule has 0 bridgehead atoms. The fraction of sp³-hybridized carbons (Fsp3) is 0.0909. The number of carbonyl (C=O) groups excluding carboxylic acids is 1. The quantitative estimate of drug-likeness (QED) is 0.460. The van der Waals surface area contributed by atoms with Gasteiger partial charge in [-0.1, -0.05) is 30.3 Å². The van der Waals surface area contributed by atoms with Crippen LogP contribution in [0.3, 0.4) is 0 Å². The highest BCUT2D eigenvalue weighted by Gasteiger charge is 2.33. The number of carbonyl (C=O) groups is 1. The number of imidazole rings is 1. The Morgan fingerprint density at radius 3 is 2.40 bits per heavy atom. The van der Waals surface area contributed by atoms with Crippen LogP contribution in [0, 0.1) is 6.92 Å². The number of nitrogens with one attached hydrogen (secondary N) is 2. The number of nitrogens with zero attached hydrogens (tertiary/aromatic N) is 2. The lowest BCUT2D eigenvalue weighted by molar-refractivity contribution is -0.137. The van der Waals surface area contributed by atoms with Crippen molar-refractivity contribution < 1.29 is 18.0 Å². The van der Waals surface area contributed by atoms with Gasteiger partial charge in [0.05, 0.1) is 22.3 Å². The molecule has 2 N–H and O–H groups in total. The van der Waals surface area contributed by atoms with Crippen molar-refractivity contribution >= 4 is 22.6 Å². The zero-order valence-corrected chi connectivity index (χ0v) is 15.9. The van der Waals surface area contributed by atoms with E-state index in [9.17, 15) is 18.0 Å². The van der Waals surface area contributed by atoms with Crippen LogP contribution in [0.25, 0.3) is 16.7 Å². The molecule has 1 aromatic heterocycles. The summed E-state index contributed by atoms with van der Waals surface area (Å²) in [6.07, 6.45) is -4.53. The average Bonchev–Trinajstić information content (AvgIpc) is 3.07. The summed E-state index contributed by atoms with van der Waals surface area (Å²) in [4.78, 5) is 17.0. The summed E-state index contributed by atoms with van der Waals surface area (Å²) in [6, 6.07) is 19.6. The molecule has 0 radical (unpaired) electrons. The van der Waals surface area contributed by atoms with Gasteiger partial charge < -0.3 is 0 Å². The molecular weight excluding hydrogens is 393 g/mol. The van der Waals surface area contributed by atoms with E-state index in [0.29, 0.717) is 5.52 Å². The molecular formula is C22H17F3N4O. The van der Waals surface area contributed by atoms with E-state index in [1.807, 2.05) is 41.8 Å². The topological polar surface area (TPSA) is 59.0 Å². The molecule has 152 valence electrons. The molecule has 0 atom stereocenters. The van der Waals surface area contributed by atoms with Crippen LogP contribution >= 0.6 is 0 Å². The normalized spacial score (nSPS) is 11.5. The van der Waals surface area contributed by atoms with Crippen molar-refractivity contribution in [2.24, 2.45) is 0 Å². The smallest absolute Gasteiger partial charge is 0.298 e. The monoisotopic (exact) mass is 410 g/mol. The van der Waals surface area contributed by atoms with Crippen molar-refractivity contribution in [3.8, 4) is 5.69 Å². The van der Waals surface area contributed by atoms with E-state index < -0.39 is 17.6 Å². The SMILES string of the molecule is Cc1nc2cc(C(=O)NNc3ccccc3C(F)(F)F)ccc2n1-c1ccccc1. The van der Waals surface area contributed by atoms with Gasteiger partial charge in [0, 0.05) is 11.3 Å². The molecule has 1 heterocycles. The second-order valence-electron chi connectivity index (χ2n) is 6.66. The van der Waals surface area contributed by atoms with Crippen LogP contribution in [-0.4, -0.2) is 15.5 Å². The molecule has 30 heavy (non-hydrogen) atoms. The van der Waals surface area contributed by atoms with Gasteiger partial charge in [-0.15, -0.1) is 0 Å². The number of hydrazine groups is 1. The minimum atomic E-state index is -4.53. The predicted octanol–water partition coefficient (Wildman–Crippen LogP) is 5.11. The van der Waals surface area contributed by atoms with E-state index in [4.69, 9.17) is 0 Å². The highest BCUT2D eigenvalue weighted by molar-refractivity contribution is 5.98. The number of aromatic nitrogens is 2. The third-order valence-electron chi connectivity index (χ3n) is 4.64. The number of amides is 1. The third kappa shape index (κ3) is 3.71. The Bertz CT molecular complexity index is 1220. The Morgan fingerprint density at radius 2 is 1.67 bits per heavy atom. The summed E-state index contributed by atoms with van der Waals surface area (Å²) in [5.41, 5.74) is 6.24. The molecule has 0 unspecified atom stereocenters. The summed E-state index contributed by atoms with van der Waals surface area (Å²) in [7, 11) is 0. The number of aryl methyl sites for hydroxylation is 1. The van der Waals surface area contributed by atoms with Crippen molar-refractivity contribution in [2.75, 3.05) is 5.43 Å².